The van der Waals surface area contributed by atoms with Crippen LogP contribution in [0.1, 0.15) is 49.5 Å². The van der Waals surface area contributed by atoms with E-state index >= 15 is 0 Å². The van der Waals surface area contributed by atoms with E-state index in [-0.39, 0.29) is 24.7 Å². The van der Waals surface area contributed by atoms with Gasteiger partial charge in [-0.05, 0) is 19.3 Å². The molecule has 0 spiro atoms. The third-order valence-electron chi connectivity index (χ3n) is 5.54. The van der Waals surface area contributed by atoms with Crippen molar-refractivity contribution in [3.8, 4) is 0 Å². The van der Waals surface area contributed by atoms with Crippen LogP contribution in [0.15, 0.2) is 34.0 Å². The number of nitrogen functional groups attached to an aromatic ring is 1. The number of hydrogen-bond acceptors (Lipinski definition) is 9. The van der Waals surface area contributed by atoms with E-state index in [0.29, 0.717) is 29.4 Å². The zero-order chi connectivity index (χ0) is 23.4. The SMILES string of the molecule is Nc1nnc(C2CCCN(C3=NN=C(NC(=O)CC4=CC=CC(OC(F)(F)F)C4)CC3)C2)s1. The van der Waals surface area contributed by atoms with Crippen molar-refractivity contribution in [3.63, 3.8) is 0 Å². The lowest BCUT2D eigenvalue weighted by Crippen LogP contribution is -2.41. The number of amidine groups is 2. The molecule has 1 aliphatic carbocycles. The Morgan fingerprint density at radius 1 is 1.30 bits per heavy atom. The first-order valence-corrected chi connectivity index (χ1v) is 11.4. The van der Waals surface area contributed by atoms with E-state index in [4.69, 9.17) is 5.73 Å². The minimum atomic E-state index is -4.72. The standard InChI is InChI=1S/C20H24F3N7O2S/c21-20(22,23)32-14-5-1-3-12(9-14)10-17(31)25-15-6-7-16(27-26-15)30-8-2-4-13(11-30)18-28-29-19(24)33-18/h1,3,5,13-14H,2,4,6-11H2,(H2,24,29)(H,25,26,31). The molecule has 13 heteroatoms. The summed E-state index contributed by atoms with van der Waals surface area (Å²) in [6, 6.07) is 0. The number of nitrogens with two attached hydrogens (primary N) is 1. The Bertz CT molecular complexity index is 1000. The van der Waals surface area contributed by atoms with Gasteiger partial charge in [-0.3, -0.25) is 9.53 Å². The van der Waals surface area contributed by atoms with E-state index in [9.17, 15) is 18.0 Å². The summed E-state index contributed by atoms with van der Waals surface area (Å²) in [7, 11) is 0. The fourth-order valence-electron chi connectivity index (χ4n) is 4.09. The van der Waals surface area contributed by atoms with Crippen molar-refractivity contribution in [3.05, 3.63) is 28.8 Å². The Morgan fingerprint density at radius 3 is 2.85 bits per heavy atom. The zero-order valence-corrected chi connectivity index (χ0v) is 18.5. The topological polar surface area (TPSA) is 118 Å². The normalized spacial score (nSPS) is 23.6. The number of allylic oxidation sites excluding steroid dienone is 2. The highest BCUT2D eigenvalue weighted by Gasteiger charge is 2.33. The predicted octanol–water partition coefficient (Wildman–Crippen LogP) is 3.10. The molecule has 0 radical (unpaired) electrons. The molecule has 178 valence electrons. The minimum absolute atomic E-state index is 0.00853. The van der Waals surface area contributed by atoms with Crippen molar-refractivity contribution < 1.29 is 22.7 Å². The average Bonchev–Trinajstić information content (AvgIpc) is 3.20. The summed E-state index contributed by atoms with van der Waals surface area (Å²) >= 11 is 1.41. The molecule has 4 rings (SSSR count). The molecule has 3 N–H and O–H groups in total. The van der Waals surface area contributed by atoms with E-state index < -0.39 is 12.5 Å². The highest BCUT2D eigenvalue weighted by Crippen LogP contribution is 2.30. The molecule has 2 unspecified atom stereocenters. The van der Waals surface area contributed by atoms with Gasteiger partial charge in [-0.2, -0.15) is 0 Å². The van der Waals surface area contributed by atoms with Crippen LogP contribution < -0.4 is 11.1 Å². The number of aromatic nitrogens is 2. The molecule has 0 bridgehead atoms. The van der Waals surface area contributed by atoms with Gasteiger partial charge in [0.25, 0.3) is 0 Å². The molecule has 1 fully saturated rings. The second-order valence-corrected chi connectivity index (χ2v) is 9.11. The van der Waals surface area contributed by atoms with E-state index in [1.54, 1.807) is 6.08 Å². The van der Waals surface area contributed by atoms with Gasteiger partial charge < -0.3 is 16.0 Å². The van der Waals surface area contributed by atoms with E-state index in [1.165, 1.54) is 23.5 Å². The van der Waals surface area contributed by atoms with Crippen LogP contribution in [0.4, 0.5) is 18.3 Å². The molecular weight excluding hydrogens is 459 g/mol. The summed E-state index contributed by atoms with van der Waals surface area (Å²) in [5.74, 6) is 1.22. The number of anilines is 1. The Hall–Kier alpha value is -2.80. The number of halogens is 3. The fraction of sp³-hybridized carbons (Fsp3) is 0.550. The highest BCUT2D eigenvalue weighted by atomic mass is 32.1. The van der Waals surface area contributed by atoms with Crippen LogP contribution in [0.3, 0.4) is 0 Å². The number of piperidine rings is 1. The summed E-state index contributed by atoms with van der Waals surface area (Å²) < 4.78 is 41.3. The number of nitrogens with zero attached hydrogens (tertiary/aromatic N) is 5. The van der Waals surface area contributed by atoms with Crippen LogP contribution in [-0.2, 0) is 9.53 Å². The fourth-order valence-corrected chi connectivity index (χ4v) is 4.82. The van der Waals surface area contributed by atoms with Crippen molar-refractivity contribution in [1.82, 2.24) is 20.4 Å². The lowest BCUT2D eigenvalue weighted by molar-refractivity contribution is -0.336. The molecule has 0 aromatic carbocycles. The first kappa shape index (κ1) is 23.4. The van der Waals surface area contributed by atoms with Gasteiger partial charge >= 0.3 is 6.36 Å². The monoisotopic (exact) mass is 483 g/mol. The third-order valence-corrected chi connectivity index (χ3v) is 6.46. The molecule has 2 aliphatic heterocycles. The largest absolute Gasteiger partial charge is 0.523 e. The lowest BCUT2D eigenvalue weighted by atomic mass is 9.98. The number of carbonyl (C=O) groups excluding carboxylic acids is 1. The van der Waals surface area contributed by atoms with Gasteiger partial charge in [0.15, 0.2) is 0 Å². The van der Waals surface area contributed by atoms with Gasteiger partial charge in [0.2, 0.25) is 11.0 Å². The molecule has 3 aliphatic rings. The molecule has 9 nitrogen and oxygen atoms in total. The van der Waals surface area contributed by atoms with Crippen molar-refractivity contribution >= 4 is 34.0 Å². The molecule has 3 heterocycles. The number of ether oxygens (including phenoxy) is 1. The second-order valence-electron chi connectivity index (χ2n) is 8.07. The smallest absolute Gasteiger partial charge is 0.374 e. The van der Waals surface area contributed by atoms with Crippen LogP contribution >= 0.6 is 11.3 Å². The lowest BCUT2D eigenvalue weighted by Gasteiger charge is -2.34. The maximum Gasteiger partial charge on any atom is 0.523 e. The summed E-state index contributed by atoms with van der Waals surface area (Å²) in [4.78, 5) is 14.5. The Labute approximate surface area is 192 Å². The number of carbonyl (C=O) groups is 1. The second kappa shape index (κ2) is 10.00. The summed E-state index contributed by atoms with van der Waals surface area (Å²) in [5, 5.41) is 20.6. The molecular formula is C20H24F3N7O2S. The maximum absolute atomic E-state index is 12.4. The van der Waals surface area contributed by atoms with Crippen molar-refractivity contribution in [2.75, 3.05) is 18.8 Å². The summed E-state index contributed by atoms with van der Waals surface area (Å²) in [5.41, 5.74) is 6.26. The van der Waals surface area contributed by atoms with E-state index in [0.717, 1.165) is 36.8 Å². The maximum atomic E-state index is 12.4. The highest BCUT2D eigenvalue weighted by molar-refractivity contribution is 7.15. The molecule has 1 saturated heterocycles. The molecule has 2 atom stereocenters. The number of alkyl halides is 3. The zero-order valence-electron chi connectivity index (χ0n) is 17.7. The Balaban J connectivity index is 1.28. The van der Waals surface area contributed by atoms with Gasteiger partial charge in [-0.15, -0.1) is 33.6 Å². The van der Waals surface area contributed by atoms with Crippen molar-refractivity contribution in [2.45, 2.75) is 56.9 Å². The number of rotatable bonds is 4. The summed E-state index contributed by atoms with van der Waals surface area (Å²) in [6.07, 6.45) is 1.74. The molecule has 1 amide bonds. The van der Waals surface area contributed by atoms with Crippen molar-refractivity contribution in [1.29, 1.82) is 0 Å². The van der Waals surface area contributed by atoms with E-state index in [1.807, 2.05) is 0 Å². The molecule has 0 saturated carbocycles. The van der Waals surface area contributed by atoms with E-state index in [2.05, 4.69) is 35.4 Å². The molecule has 33 heavy (non-hydrogen) atoms. The minimum Gasteiger partial charge on any atom is -0.374 e. The van der Waals surface area contributed by atoms with Gasteiger partial charge in [-0.1, -0.05) is 35.1 Å². The quantitative estimate of drug-likeness (QED) is 0.680. The molecule has 1 aromatic heterocycles. The Morgan fingerprint density at radius 2 is 2.15 bits per heavy atom. The molecule has 1 aromatic rings. The number of hydrogen-bond donors (Lipinski definition) is 2. The first-order chi connectivity index (χ1) is 15.7. The number of amides is 1. The first-order valence-electron chi connectivity index (χ1n) is 10.6. The van der Waals surface area contributed by atoms with Gasteiger partial charge in [-0.25, -0.2) is 0 Å². The third kappa shape index (κ3) is 6.60. The predicted molar refractivity (Wildman–Crippen MR) is 118 cm³/mol. The number of nitrogens with one attached hydrogen (secondary N) is 1. The van der Waals surface area contributed by atoms with Crippen molar-refractivity contribution in [2.24, 2.45) is 10.2 Å². The van der Waals surface area contributed by atoms with Crippen LogP contribution in [0, 0.1) is 0 Å². The van der Waals surface area contributed by atoms with Crippen LogP contribution in [0.25, 0.3) is 0 Å². The Kier molecular flexibility index (Phi) is 7.08. The van der Waals surface area contributed by atoms with Crippen LogP contribution in [0.5, 0.6) is 0 Å². The summed E-state index contributed by atoms with van der Waals surface area (Å²) in [6.45, 7) is 1.65. The van der Waals surface area contributed by atoms with Crippen LogP contribution in [-0.4, -0.2) is 58.2 Å². The van der Waals surface area contributed by atoms with Gasteiger partial charge in [0.1, 0.15) is 16.7 Å². The van der Waals surface area contributed by atoms with Gasteiger partial charge in [0.05, 0.1) is 6.10 Å². The van der Waals surface area contributed by atoms with Gasteiger partial charge in [0, 0.05) is 38.3 Å². The number of likely N-dealkylation sites (tertiary alicyclic amines) is 1. The van der Waals surface area contributed by atoms with Crippen LogP contribution in [0.2, 0.25) is 0 Å². The average molecular weight is 484 g/mol.